The van der Waals surface area contributed by atoms with Gasteiger partial charge in [-0.15, -0.1) is 0 Å². The van der Waals surface area contributed by atoms with Crippen molar-refractivity contribution in [1.29, 1.82) is 0 Å². The Morgan fingerprint density at radius 2 is 1.83 bits per heavy atom. The highest BCUT2D eigenvalue weighted by Gasteiger charge is 2.22. The van der Waals surface area contributed by atoms with Crippen molar-refractivity contribution in [2.75, 3.05) is 27.9 Å². The molecule has 7 nitrogen and oxygen atoms in total. The monoisotopic (exact) mass is 411 g/mol. The molecule has 2 aromatic carbocycles. The summed E-state index contributed by atoms with van der Waals surface area (Å²) in [4.78, 5) is 16.2. The fourth-order valence-electron chi connectivity index (χ4n) is 3.00. The van der Waals surface area contributed by atoms with Crippen LogP contribution in [-0.2, 0) is 17.8 Å². The maximum Gasteiger partial charge on any atom is 0.341 e. The number of aliphatic imine (C=N–C) groups is 1. The van der Waals surface area contributed by atoms with Gasteiger partial charge in [0.05, 0.1) is 20.8 Å². The molecule has 0 amide bonds. The van der Waals surface area contributed by atoms with Crippen molar-refractivity contribution in [1.82, 2.24) is 10.6 Å². The van der Waals surface area contributed by atoms with Gasteiger partial charge in [-0.25, -0.2) is 4.79 Å². The van der Waals surface area contributed by atoms with E-state index in [0.29, 0.717) is 36.3 Å². The van der Waals surface area contributed by atoms with Crippen molar-refractivity contribution in [2.24, 2.45) is 10.9 Å². The van der Waals surface area contributed by atoms with Crippen molar-refractivity contribution in [3.05, 3.63) is 59.2 Å². The summed E-state index contributed by atoms with van der Waals surface area (Å²) >= 11 is 0. The number of carbonyl (C=O) groups is 1. The Kier molecular flexibility index (Phi) is 7.54. The summed E-state index contributed by atoms with van der Waals surface area (Å²) < 4.78 is 16.0. The van der Waals surface area contributed by atoms with Gasteiger partial charge >= 0.3 is 5.97 Å². The van der Waals surface area contributed by atoms with Gasteiger partial charge in [0.15, 0.2) is 5.96 Å². The summed E-state index contributed by atoms with van der Waals surface area (Å²) in [6.45, 7) is 1.87. The highest BCUT2D eigenvalue weighted by molar-refractivity contribution is 5.92. The molecular weight excluding hydrogens is 382 g/mol. The average molecular weight is 412 g/mol. The van der Waals surface area contributed by atoms with Crippen LogP contribution in [0.25, 0.3) is 0 Å². The molecule has 2 N–H and O–H groups in total. The Morgan fingerprint density at radius 1 is 1.07 bits per heavy atom. The van der Waals surface area contributed by atoms with E-state index in [-0.39, 0.29) is 0 Å². The van der Waals surface area contributed by atoms with Gasteiger partial charge in [0.1, 0.15) is 17.1 Å². The molecule has 0 unspecified atom stereocenters. The van der Waals surface area contributed by atoms with Gasteiger partial charge in [-0.3, -0.25) is 4.99 Å². The molecular formula is C23H29N3O4. The molecule has 7 heteroatoms. The molecule has 3 rings (SSSR count). The molecule has 0 aromatic heterocycles. The number of hydrogen-bond donors (Lipinski definition) is 2. The van der Waals surface area contributed by atoms with Crippen molar-refractivity contribution in [3.8, 4) is 11.5 Å². The van der Waals surface area contributed by atoms with E-state index in [2.05, 4.69) is 21.7 Å². The maximum atomic E-state index is 12.0. The number of esters is 1. The lowest BCUT2D eigenvalue weighted by atomic mass is 10.1. The van der Waals surface area contributed by atoms with E-state index in [1.165, 1.54) is 27.1 Å². The number of ether oxygens (including phenoxy) is 3. The van der Waals surface area contributed by atoms with E-state index < -0.39 is 5.97 Å². The zero-order valence-corrected chi connectivity index (χ0v) is 17.7. The Morgan fingerprint density at radius 3 is 2.53 bits per heavy atom. The van der Waals surface area contributed by atoms with Gasteiger partial charge in [-0.1, -0.05) is 24.3 Å². The lowest BCUT2D eigenvalue weighted by Gasteiger charge is -2.15. The topological polar surface area (TPSA) is 81.2 Å². The minimum atomic E-state index is -0.431. The van der Waals surface area contributed by atoms with Crippen LogP contribution in [0.2, 0.25) is 0 Å². The number of carbonyl (C=O) groups excluding carboxylic acids is 1. The lowest BCUT2D eigenvalue weighted by Crippen LogP contribution is -2.36. The lowest BCUT2D eigenvalue weighted by molar-refractivity contribution is 0.0597. The van der Waals surface area contributed by atoms with Crippen molar-refractivity contribution in [2.45, 2.75) is 25.9 Å². The summed E-state index contributed by atoms with van der Waals surface area (Å²) in [5.41, 5.74) is 2.38. The normalized spacial score (nSPS) is 13.5. The van der Waals surface area contributed by atoms with Crippen LogP contribution in [0, 0.1) is 5.92 Å². The first kappa shape index (κ1) is 21.5. The van der Waals surface area contributed by atoms with Gasteiger partial charge in [0.25, 0.3) is 0 Å². The van der Waals surface area contributed by atoms with Crippen LogP contribution in [-0.4, -0.2) is 39.8 Å². The predicted molar refractivity (Wildman–Crippen MR) is 116 cm³/mol. The number of benzene rings is 2. The molecule has 0 bridgehead atoms. The van der Waals surface area contributed by atoms with Crippen LogP contribution in [0.4, 0.5) is 0 Å². The fourth-order valence-corrected chi connectivity index (χ4v) is 3.00. The molecule has 2 aromatic rings. The second kappa shape index (κ2) is 10.5. The molecule has 30 heavy (non-hydrogen) atoms. The third-order valence-corrected chi connectivity index (χ3v) is 4.94. The number of nitrogens with zero attached hydrogens (tertiary/aromatic N) is 1. The molecule has 1 aliphatic carbocycles. The minimum Gasteiger partial charge on any atom is -0.496 e. The first-order valence-corrected chi connectivity index (χ1v) is 10.0. The Balaban J connectivity index is 1.57. The van der Waals surface area contributed by atoms with Crippen LogP contribution in [0.5, 0.6) is 11.5 Å². The molecule has 0 heterocycles. The molecule has 0 spiro atoms. The van der Waals surface area contributed by atoms with Gasteiger partial charge < -0.3 is 24.8 Å². The van der Waals surface area contributed by atoms with E-state index in [0.717, 1.165) is 23.5 Å². The van der Waals surface area contributed by atoms with Crippen molar-refractivity contribution in [3.63, 3.8) is 0 Å². The van der Waals surface area contributed by atoms with Crippen LogP contribution >= 0.6 is 0 Å². The largest absolute Gasteiger partial charge is 0.496 e. The Bertz CT molecular complexity index is 894. The van der Waals surface area contributed by atoms with Crippen LogP contribution in [0.3, 0.4) is 0 Å². The van der Waals surface area contributed by atoms with E-state index in [1.54, 1.807) is 19.2 Å². The maximum absolute atomic E-state index is 12.0. The quantitative estimate of drug-likeness (QED) is 0.375. The number of guanidine groups is 1. The molecule has 0 saturated heterocycles. The summed E-state index contributed by atoms with van der Waals surface area (Å²) in [6, 6.07) is 13.5. The highest BCUT2D eigenvalue weighted by Crippen LogP contribution is 2.30. The van der Waals surface area contributed by atoms with Crippen molar-refractivity contribution < 1.29 is 19.0 Å². The highest BCUT2D eigenvalue weighted by atomic mass is 16.5. The number of para-hydroxylation sites is 1. The van der Waals surface area contributed by atoms with Gasteiger partial charge in [0, 0.05) is 25.7 Å². The van der Waals surface area contributed by atoms with Gasteiger partial charge in [-0.2, -0.15) is 0 Å². The third kappa shape index (κ3) is 5.89. The van der Waals surface area contributed by atoms with Crippen LogP contribution in [0.1, 0.15) is 34.3 Å². The SMILES string of the molecule is CN=C(NCc1ccc(OC)c(C(=O)OC)c1)NCc1ccccc1OCC1CC1. The first-order valence-electron chi connectivity index (χ1n) is 10.0. The Labute approximate surface area is 177 Å². The van der Waals surface area contributed by atoms with E-state index >= 15 is 0 Å². The van der Waals surface area contributed by atoms with Crippen LogP contribution in [0.15, 0.2) is 47.5 Å². The number of methoxy groups -OCH3 is 2. The number of hydrogen-bond acceptors (Lipinski definition) is 5. The summed E-state index contributed by atoms with van der Waals surface area (Å²) in [6.07, 6.45) is 2.53. The smallest absolute Gasteiger partial charge is 0.341 e. The van der Waals surface area contributed by atoms with E-state index in [1.807, 2.05) is 24.3 Å². The molecule has 1 fully saturated rings. The molecule has 160 valence electrons. The first-order chi connectivity index (χ1) is 14.6. The molecule has 0 aliphatic heterocycles. The summed E-state index contributed by atoms with van der Waals surface area (Å²) in [5, 5.41) is 6.58. The zero-order valence-electron chi connectivity index (χ0n) is 17.7. The van der Waals surface area contributed by atoms with Crippen LogP contribution < -0.4 is 20.1 Å². The third-order valence-electron chi connectivity index (χ3n) is 4.94. The zero-order chi connectivity index (χ0) is 21.3. The summed E-state index contributed by atoms with van der Waals surface area (Å²) in [5.74, 6) is 2.32. The number of rotatable bonds is 9. The van der Waals surface area contributed by atoms with E-state index in [9.17, 15) is 4.79 Å². The van der Waals surface area contributed by atoms with Gasteiger partial charge in [-0.05, 0) is 42.5 Å². The fraction of sp³-hybridized carbons (Fsp3) is 0.391. The van der Waals surface area contributed by atoms with E-state index in [4.69, 9.17) is 14.2 Å². The Hall–Kier alpha value is -3.22. The second-order valence-corrected chi connectivity index (χ2v) is 7.17. The standard InChI is InChI=1S/C23H29N3O4/c1-24-23(25-13-17-10-11-21(28-2)19(12-17)22(27)29-3)26-14-18-6-4-5-7-20(18)30-15-16-8-9-16/h4-7,10-12,16H,8-9,13-15H2,1-3H3,(H2,24,25,26). The minimum absolute atomic E-state index is 0.393. The second-order valence-electron chi connectivity index (χ2n) is 7.17. The predicted octanol–water partition coefficient (Wildman–Crippen LogP) is 3.14. The molecule has 0 atom stereocenters. The average Bonchev–Trinajstić information content (AvgIpc) is 3.62. The molecule has 1 aliphatic rings. The van der Waals surface area contributed by atoms with Crippen molar-refractivity contribution >= 4 is 11.9 Å². The summed E-state index contributed by atoms with van der Waals surface area (Å²) in [7, 11) is 4.60. The molecule has 0 radical (unpaired) electrons. The molecule has 1 saturated carbocycles. The number of nitrogens with one attached hydrogen (secondary N) is 2. The van der Waals surface area contributed by atoms with Gasteiger partial charge in [0.2, 0.25) is 0 Å².